The number of thiazole rings is 1. The Bertz CT molecular complexity index is 741. The Balaban J connectivity index is 1.40. The van der Waals surface area contributed by atoms with Gasteiger partial charge in [0.2, 0.25) is 5.91 Å². The number of urea groups is 1. The lowest BCUT2D eigenvalue weighted by Gasteiger charge is -2.07. The standard InChI is InChI=1S/C18H22N4O2S/c1-12-16(13-5-3-2-4-6-13)22-15(25-12)11-21-18(24)20-10-9-19-17(23)14-7-8-14/h2-6,14H,7-11H2,1H3,(H,19,23)(H2,20,21,24). The van der Waals surface area contributed by atoms with Crippen LogP contribution in [0.25, 0.3) is 11.3 Å². The largest absolute Gasteiger partial charge is 0.354 e. The average molecular weight is 358 g/mol. The number of carbonyl (C=O) groups excluding carboxylic acids is 2. The molecule has 1 fully saturated rings. The Morgan fingerprint density at radius 1 is 1.12 bits per heavy atom. The third-order valence-corrected chi connectivity index (χ3v) is 4.92. The third-order valence-electron chi connectivity index (χ3n) is 3.95. The molecule has 1 heterocycles. The molecular formula is C18H22N4O2S. The quantitative estimate of drug-likeness (QED) is 0.665. The summed E-state index contributed by atoms with van der Waals surface area (Å²) in [5, 5.41) is 9.21. The van der Waals surface area contributed by atoms with Crippen LogP contribution in [0.5, 0.6) is 0 Å². The fraction of sp³-hybridized carbons (Fsp3) is 0.389. The first-order chi connectivity index (χ1) is 12.1. The van der Waals surface area contributed by atoms with Gasteiger partial charge >= 0.3 is 6.03 Å². The maximum absolute atomic E-state index is 11.8. The zero-order chi connectivity index (χ0) is 17.6. The van der Waals surface area contributed by atoms with E-state index in [0.717, 1.165) is 34.0 Å². The van der Waals surface area contributed by atoms with E-state index in [9.17, 15) is 9.59 Å². The van der Waals surface area contributed by atoms with Gasteiger partial charge in [-0.25, -0.2) is 9.78 Å². The van der Waals surface area contributed by atoms with Crippen molar-refractivity contribution in [3.05, 3.63) is 40.2 Å². The van der Waals surface area contributed by atoms with E-state index in [4.69, 9.17) is 0 Å². The number of hydrogen-bond acceptors (Lipinski definition) is 4. The Labute approximate surface area is 151 Å². The molecule has 1 aromatic heterocycles. The maximum atomic E-state index is 11.8. The Hall–Kier alpha value is -2.41. The highest BCUT2D eigenvalue weighted by atomic mass is 32.1. The zero-order valence-corrected chi connectivity index (χ0v) is 15.0. The number of carbonyl (C=O) groups is 2. The molecule has 1 aromatic carbocycles. The second-order valence-electron chi connectivity index (χ2n) is 6.05. The van der Waals surface area contributed by atoms with Crippen molar-refractivity contribution in [3.8, 4) is 11.3 Å². The van der Waals surface area contributed by atoms with Gasteiger partial charge in [0.1, 0.15) is 5.01 Å². The molecule has 2 aromatic rings. The summed E-state index contributed by atoms with van der Waals surface area (Å²) in [6, 6.07) is 9.76. The van der Waals surface area contributed by atoms with E-state index in [2.05, 4.69) is 20.9 Å². The topological polar surface area (TPSA) is 83.1 Å². The number of aromatic nitrogens is 1. The lowest BCUT2D eigenvalue weighted by atomic mass is 10.1. The Morgan fingerprint density at radius 2 is 1.84 bits per heavy atom. The van der Waals surface area contributed by atoms with Gasteiger partial charge in [0.15, 0.2) is 0 Å². The van der Waals surface area contributed by atoms with E-state index in [1.807, 2.05) is 37.3 Å². The molecule has 0 bridgehead atoms. The smallest absolute Gasteiger partial charge is 0.315 e. The van der Waals surface area contributed by atoms with E-state index in [0.29, 0.717) is 19.6 Å². The van der Waals surface area contributed by atoms with Crippen LogP contribution in [0, 0.1) is 12.8 Å². The first-order valence-electron chi connectivity index (χ1n) is 8.44. The van der Waals surface area contributed by atoms with E-state index < -0.39 is 0 Å². The molecule has 132 valence electrons. The van der Waals surface area contributed by atoms with Crippen LogP contribution >= 0.6 is 11.3 Å². The first-order valence-corrected chi connectivity index (χ1v) is 9.26. The highest BCUT2D eigenvalue weighted by Crippen LogP contribution is 2.28. The van der Waals surface area contributed by atoms with Crippen molar-refractivity contribution in [1.82, 2.24) is 20.9 Å². The molecule has 0 radical (unpaired) electrons. The summed E-state index contributed by atoms with van der Waals surface area (Å²) in [6.07, 6.45) is 1.97. The van der Waals surface area contributed by atoms with Gasteiger partial charge in [-0.1, -0.05) is 30.3 Å². The van der Waals surface area contributed by atoms with E-state index >= 15 is 0 Å². The summed E-state index contributed by atoms with van der Waals surface area (Å²) >= 11 is 1.58. The summed E-state index contributed by atoms with van der Waals surface area (Å²) < 4.78 is 0. The van der Waals surface area contributed by atoms with Crippen molar-refractivity contribution in [1.29, 1.82) is 0 Å². The summed E-state index contributed by atoms with van der Waals surface area (Å²) in [4.78, 5) is 29.0. The minimum Gasteiger partial charge on any atom is -0.354 e. The number of hydrogen-bond donors (Lipinski definition) is 3. The van der Waals surface area contributed by atoms with Gasteiger partial charge in [-0.3, -0.25) is 4.79 Å². The summed E-state index contributed by atoms with van der Waals surface area (Å²) in [7, 11) is 0. The van der Waals surface area contributed by atoms with Gasteiger partial charge in [0, 0.05) is 29.4 Å². The SMILES string of the molecule is Cc1sc(CNC(=O)NCCNC(=O)C2CC2)nc1-c1ccccc1. The number of amides is 3. The maximum Gasteiger partial charge on any atom is 0.315 e. The molecule has 1 aliphatic rings. The molecule has 0 unspecified atom stereocenters. The zero-order valence-electron chi connectivity index (χ0n) is 14.2. The van der Waals surface area contributed by atoms with Crippen molar-refractivity contribution >= 4 is 23.3 Å². The van der Waals surface area contributed by atoms with Crippen LogP contribution in [-0.4, -0.2) is 30.0 Å². The monoisotopic (exact) mass is 358 g/mol. The molecule has 3 rings (SSSR count). The third kappa shape index (κ3) is 5.03. The van der Waals surface area contributed by atoms with Gasteiger partial charge in [0.05, 0.1) is 12.2 Å². The van der Waals surface area contributed by atoms with Crippen molar-refractivity contribution in [3.63, 3.8) is 0 Å². The number of benzene rings is 1. The van der Waals surface area contributed by atoms with Gasteiger partial charge in [-0.05, 0) is 19.8 Å². The van der Waals surface area contributed by atoms with E-state index in [1.165, 1.54) is 0 Å². The van der Waals surface area contributed by atoms with Crippen LogP contribution < -0.4 is 16.0 Å². The van der Waals surface area contributed by atoms with Gasteiger partial charge < -0.3 is 16.0 Å². The molecule has 25 heavy (non-hydrogen) atoms. The van der Waals surface area contributed by atoms with Crippen LogP contribution in [0.15, 0.2) is 30.3 Å². The molecule has 0 spiro atoms. The number of aryl methyl sites for hydroxylation is 1. The van der Waals surface area contributed by atoms with Crippen LogP contribution in [0.2, 0.25) is 0 Å². The van der Waals surface area contributed by atoms with Crippen LogP contribution in [-0.2, 0) is 11.3 Å². The van der Waals surface area contributed by atoms with Crippen molar-refractivity contribution in [2.75, 3.05) is 13.1 Å². The normalized spacial score (nSPS) is 13.3. The highest BCUT2D eigenvalue weighted by molar-refractivity contribution is 7.12. The molecule has 6 nitrogen and oxygen atoms in total. The number of nitrogens with zero attached hydrogens (tertiary/aromatic N) is 1. The van der Waals surface area contributed by atoms with Crippen molar-refractivity contribution in [2.24, 2.45) is 5.92 Å². The second kappa shape index (κ2) is 8.11. The molecule has 1 aliphatic carbocycles. The van der Waals surface area contributed by atoms with E-state index in [1.54, 1.807) is 11.3 Å². The number of rotatable bonds is 7. The molecule has 0 atom stereocenters. The summed E-state index contributed by atoms with van der Waals surface area (Å²) in [6.45, 7) is 3.29. The van der Waals surface area contributed by atoms with Crippen molar-refractivity contribution in [2.45, 2.75) is 26.3 Å². The van der Waals surface area contributed by atoms with Crippen LogP contribution in [0.1, 0.15) is 22.7 Å². The average Bonchev–Trinajstić information content (AvgIpc) is 3.40. The molecule has 7 heteroatoms. The molecule has 0 saturated heterocycles. The van der Waals surface area contributed by atoms with Crippen molar-refractivity contribution < 1.29 is 9.59 Å². The summed E-state index contributed by atoms with van der Waals surface area (Å²) in [5.41, 5.74) is 2.05. The van der Waals surface area contributed by atoms with E-state index in [-0.39, 0.29) is 17.9 Å². The molecule has 3 amide bonds. The highest BCUT2D eigenvalue weighted by Gasteiger charge is 2.28. The Kier molecular flexibility index (Phi) is 5.65. The lowest BCUT2D eigenvalue weighted by Crippen LogP contribution is -2.40. The summed E-state index contributed by atoms with van der Waals surface area (Å²) in [5.74, 6) is 0.287. The lowest BCUT2D eigenvalue weighted by molar-refractivity contribution is -0.122. The second-order valence-corrected chi connectivity index (χ2v) is 7.34. The Morgan fingerprint density at radius 3 is 2.56 bits per heavy atom. The fourth-order valence-electron chi connectivity index (χ4n) is 2.46. The molecule has 1 saturated carbocycles. The molecule has 0 aliphatic heterocycles. The predicted octanol–water partition coefficient (Wildman–Crippen LogP) is 2.44. The molecule has 3 N–H and O–H groups in total. The fourth-order valence-corrected chi connectivity index (χ4v) is 3.36. The van der Waals surface area contributed by atoms with Crippen LogP contribution in [0.3, 0.4) is 0 Å². The van der Waals surface area contributed by atoms with Gasteiger partial charge in [-0.15, -0.1) is 11.3 Å². The minimum absolute atomic E-state index is 0.0916. The molecular weight excluding hydrogens is 336 g/mol. The number of nitrogens with one attached hydrogen (secondary N) is 3. The van der Waals surface area contributed by atoms with Gasteiger partial charge in [0.25, 0.3) is 0 Å². The van der Waals surface area contributed by atoms with Crippen LogP contribution in [0.4, 0.5) is 4.79 Å². The minimum atomic E-state index is -0.255. The van der Waals surface area contributed by atoms with Gasteiger partial charge in [-0.2, -0.15) is 0 Å². The predicted molar refractivity (Wildman–Crippen MR) is 98.3 cm³/mol. The first kappa shape index (κ1) is 17.4.